The molecule has 2 heterocycles. The summed E-state index contributed by atoms with van der Waals surface area (Å²) in [6, 6.07) is 0. The molecule has 0 radical (unpaired) electrons. The highest BCUT2D eigenvalue weighted by Crippen LogP contribution is 2.20. The zero-order valence-electron chi connectivity index (χ0n) is 7.96. The lowest BCUT2D eigenvalue weighted by Crippen LogP contribution is -2.28. The number of carbonyl (C=O) groups is 1. The molecule has 2 aromatic heterocycles. The summed E-state index contributed by atoms with van der Waals surface area (Å²) in [6.45, 7) is 0. The summed E-state index contributed by atoms with van der Waals surface area (Å²) in [5, 5.41) is 15.3. The van der Waals surface area contributed by atoms with Crippen LogP contribution < -0.4 is 15.6 Å². The second-order valence-electron chi connectivity index (χ2n) is 2.55. The molecule has 16 heavy (non-hydrogen) atoms. The van der Waals surface area contributed by atoms with Crippen LogP contribution in [0.3, 0.4) is 0 Å². The van der Waals surface area contributed by atoms with Crippen LogP contribution in [0.1, 0.15) is 0 Å². The fourth-order valence-corrected chi connectivity index (χ4v) is 0.959. The number of methoxy groups -OCH3 is 1. The number of nitrogens with zero attached hydrogens (tertiary/aromatic N) is 4. The van der Waals surface area contributed by atoms with Crippen molar-refractivity contribution in [1.29, 1.82) is 0 Å². The van der Waals surface area contributed by atoms with E-state index >= 15 is 0 Å². The van der Waals surface area contributed by atoms with Crippen LogP contribution in [0.4, 0.5) is 10.6 Å². The molecule has 0 fully saturated rings. The van der Waals surface area contributed by atoms with Crippen molar-refractivity contribution in [3.05, 3.63) is 0 Å². The molecule has 2 aromatic rings. The van der Waals surface area contributed by atoms with Crippen molar-refractivity contribution in [1.82, 2.24) is 25.7 Å². The Morgan fingerprint density at radius 2 is 2.06 bits per heavy atom. The Morgan fingerprint density at radius 3 is 2.69 bits per heavy atom. The van der Waals surface area contributed by atoms with Gasteiger partial charge in [0.25, 0.3) is 5.88 Å². The van der Waals surface area contributed by atoms with E-state index in [0.717, 1.165) is 0 Å². The minimum Gasteiger partial charge on any atom is -0.478 e. The quantitative estimate of drug-likeness (QED) is 0.598. The van der Waals surface area contributed by atoms with Gasteiger partial charge in [-0.2, -0.15) is 9.97 Å². The summed E-state index contributed by atoms with van der Waals surface area (Å²) in [6.07, 6.45) is -1.28. The lowest BCUT2D eigenvalue weighted by atomic mass is 10.6. The average Bonchev–Trinajstić information content (AvgIpc) is 2.71. The van der Waals surface area contributed by atoms with Crippen molar-refractivity contribution in [3.8, 4) is 5.88 Å². The molecule has 0 unspecified atom stereocenters. The summed E-state index contributed by atoms with van der Waals surface area (Å²) in [5.74, 6) is 0.130. The predicted molar refractivity (Wildman–Crippen MR) is 48.7 cm³/mol. The van der Waals surface area contributed by atoms with Crippen molar-refractivity contribution in [2.75, 3.05) is 12.5 Å². The lowest BCUT2D eigenvalue weighted by Gasteiger charge is -2.06. The smallest absolute Gasteiger partial charge is 0.423 e. The van der Waals surface area contributed by atoms with Gasteiger partial charge in [-0.25, -0.2) is 14.8 Å². The van der Waals surface area contributed by atoms with E-state index in [9.17, 15) is 4.79 Å². The van der Waals surface area contributed by atoms with Crippen LogP contribution >= 0.6 is 0 Å². The van der Waals surface area contributed by atoms with Crippen molar-refractivity contribution >= 4 is 23.2 Å². The SMILES string of the molecule is COc1nc2nonc2nc1NNC(=O)O. The number of carboxylic acid groups (broad SMARTS) is 1. The molecule has 10 heteroatoms. The number of rotatable bonds is 3. The van der Waals surface area contributed by atoms with E-state index in [-0.39, 0.29) is 23.0 Å². The molecule has 0 aliphatic heterocycles. The van der Waals surface area contributed by atoms with E-state index in [4.69, 9.17) is 9.84 Å². The first kappa shape index (κ1) is 9.89. The van der Waals surface area contributed by atoms with Crippen LogP contribution in [0.5, 0.6) is 5.88 Å². The van der Waals surface area contributed by atoms with Crippen LogP contribution in [0, 0.1) is 0 Å². The number of amides is 1. The fraction of sp³-hybridized carbons (Fsp3) is 0.167. The highest BCUT2D eigenvalue weighted by Gasteiger charge is 2.13. The number of fused-ring (bicyclic) bond motifs is 1. The van der Waals surface area contributed by atoms with Crippen LogP contribution in [-0.4, -0.2) is 38.6 Å². The molecule has 84 valence electrons. The van der Waals surface area contributed by atoms with Crippen LogP contribution in [0.25, 0.3) is 11.3 Å². The minimum absolute atomic E-state index is 0.0631. The molecule has 0 aliphatic rings. The summed E-state index contributed by atoms with van der Waals surface area (Å²) >= 11 is 0. The molecular formula is C6H6N6O4. The molecule has 2 rings (SSSR count). The highest BCUT2D eigenvalue weighted by atomic mass is 16.6. The molecule has 0 aromatic carbocycles. The van der Waals surface area contributed by atoms with Gasteiger partial charge in [-0.1, -0.05) is 0 Å². The van der Waals surface area contributed by atoms with Crippen molar-refractivity contribution < 1.29 is 19.3 Å². The van der Waals surface area contributed by atoms with Gasteiger partial charge in [0.1, 0.15) is 0 Å². The van der Waals surface area contributed by atoms with Gasteiger partial charge in [0.15, 0.2) is 0 Å². The maximum atomic E-state index is 10.3. The maximum Gasteiger partial charge on any atom is 0.423 e. The van der Waals surface area contributed by atoms with Crippen molar-refractivity contribution in [2.24, 2.45) is 0 Å². The number of anilines is 1. The molecule has 3 N–H and O–H groups in total. The fourth-order valence-electron chi connectivity index (χ4n) is 0.959. The van der Waals surface area contributed by atoms with E-state index in [1.54, 1.807) is 0 Å². The normalized spacial score (nSPS) is 10.1. The Bertz CT molecular complexity index is 525. The largest absolute Gasteiger partial charge is 0.478 e. The summed E-state index contributed by atoms with van der Waals surface area (Å²) in [5.41, 5.74) is 4.49. The van der Waals surface area contributed by atoms with Gasteiger partial charge in [-0.05, 0) is 10.3 Å². The second-order valence-corrected chi connectivity index (χ2v) is 2.55. The van der Waals surface area contributed by atoms with Crippen LogP contribution in [-0.2, 0) is 0 Å². The van der Waals surface area contributed by atoms with Crippen LogP contribution in [0.2, 0.25) is 0 Å². The van der Waals surface area contributed by atoms with Crippen molar-refractivity contribution in [3.63, 3.8) is 0 Å². The first-order valence-electron chi connectivity index (χ1n) is 4.00. The average molecular weight is 226 g/mol. The third kappa shape index (κ3) is 1.75. The van der Waals surface area contributed by atoms with Gasteiger partial charge in [0.2, 0.25) is 17.1 Å². The van der Waals surface area contributed by atoms with E-state index in [1.807, 2.05) is 5.43 Å². The lowest BCUT2D eigenvalue weighted by molar-refractivity contribution is 0.197. The van der Waals surface area contributed by atoms with Gasteiger partial charge >= 0.3 is 6.09 Å². The summed E-state index contributed by atoms with van der Waals surface area (Å²) in [4.78, 5) is 18.0. The Kier molecular flexibility index (Phi) is 2.37. The third-order valence-electron chi connectivity index (χ3n) is 1.56. The highest BCUT2D eigenvalue weighted by molar-refractivity contribution is 5.70. The topological polar surface area (TPSA) is 135 Å². The maximum absolute atomic E-state index is 10.3. The molecule has 0 saturated heterocycles. The Balaban J connectivity index is 2.36. The molecule has 10 nitrogen and oxygen atoms in total. The number of aromatic nitrogens is 4. The molecule has 0 aliphatic carbocycles. The Labute approximate surface area is 87.6 Å². The number of hydrogen-bond acceptors (Lipinski definition) is 8. The zero-order valence-corrected chi connectivity index (χ0v) is 7.96. The first-order chi connectivity index (χ1) is 7.70. The Morgan fingerprint density at radius 1 is 1.38 bits per heavy atom. The third-order valence-corrected chi connectivity index (χ3v) is 1.56. The number of hydrazine groups is 1. The minimum atomic E-state index is -1.28. The molecule has 0 bridgehead atoms. The van der Waals surface area contributed by atoms with Gasteiger partial charge in [0.05, 0.1) is 7.11 Å². The predicted octanol–water partition coefficient (Wildman–Crippen LogP) is -0.384. The molecular weight excluding hydrogens is 220 g/mol. The van der Waals surface area contributed by atoms with E-state index in [0.29, 0.717) is 0 Å². The van der Waals surface area contributed by atoms with E-state index in [2.05, 4.69) is 30.3 Å². The molecule has 0 spiro atoms. The molecule has 1 amide bonds. The van der Waals surface area contributed by atoms with Gasteiger partial charge in [-0.15, -0.1) is 0 Å². The summed E-state index contributed by atoms with van der Waals surface area (Å²) in [7, 11) is 1.36. The standard InChI is InChI=1S/C6H6N6O4/c1-15-5-4(9-10-6(13)14)7-2-3(8-5)12-16-11-2/h10H,1H3,(H,13,14)(H,7,9,11). The van der Waals surface area contributed by atoms with Gasteiger partial charge in [0, 0.05) is 0 Å². The van der Waals surface area contributed by atoms with Crippen molar-refractivity contribution in [2.45, 2.75) is 0 Å². The number of ether oxygens (including phenoxy) is 1. The zero-order chi connectivity index (χ0) is 11.5. The molecule has 0 saturated carbocycles. The number of nitrogens with one attached hydrogen (secondary N) is 2. The second kappa shape index (κ2) is 3.84. The Hall–Kier alpha value is -2.65. The van der Waals surface area contributed by atoms with E-state index in [1.165, 1.54) is 7.11 Å². The monoisotopic (exact) mass is 226 g/mol. The van der Waals surface area contributed by atoms with Crippen LogP contribution in [0.15, 0.2) is 4.63 Å². The van der Waals surface area contributed by atoms with Gasteiger partial charge < -0.3 is 9.84 Å². The molecule has 0 atom stereocenters. The number of hydrogen-bond donors (Lipinski definition) is 3. The van der Waals surface area contributed by atoms with Gasteiger partial charge in [-0.3, -0.25) is 5.43 Å². The van der Waals surface area contributed by atoms with E-state index < -0.39 is 6.09 Å². The summed E-state index contributed by atoms with van der Waals surface area (Å²) < 4.78 is 9.28. The first-order valence-corrected chi connectivity index (χ1v) is 4.00.